The Kier molecular flexibility index (Phi) is 3.35. The maximum absolute atomic E-state index is 10.7. The van der Waals surface area contributed by atoms with Gasteiger partial charge in [-0.3, -0.25) is 9.69 Å². The van der Waals surface area contributed by atoms with Crippen LogP contribution in [0.1, 0.15) is 24.7 Å². The first-order chi connectivity index (χ1) is 8.20. The zero-order chi connectivity index (χ0) is 12.3. The molecule has 90 valence electrons. The Morgan fingerprint density at radius 3 is 3.00 bits per heavy atom. The molecule has 1 N–H and O–H groups in total. The van der Waals surface area contributed by atoms with Crippen LogP contribution in [0.2, 0.25) is 0 Å². The van der Waals surface area contributed by atoms with Gasteiger partial charge < -0.3 is 5.11 Å². The molecule has 0 spiro atoms. The smallest absolute Gasteiger partial charge is 0.317 e. The average Bonchev–Trinajstić information content (AvgIpc) is 3.00. The van der Waals surface area contributed by atoms with E-state index in [1.54, 1.807) is 9.58 Å². The number of nitrogens with zero attached hydrogens (tertiary/aromatic N) is 5. The molecule has 0 atom stereocenters. The Balaban J connectivity index is 2.03. The molecule has 0 amide bonds. The summed E-state index contributed by atoms with van der Waals surface area (Å²) in [5.74, 6) is 2.19. The molecule has 1 aromatic rings. The highest BCUT2D eigenvalue weighted by molar-refractivity contribution is 5.69. The zero-order valence-electron chi connectivity index (χ0n) is 9.28. The molecule has 0 aromatic carbocycles. The third-order valence-corrected chi connectivity index (χ3v) is 2.49. The predicted molar refractivity (Wildman–Crippen MR) is 57.8 cm³/mol. The van der Waals surface area contributed by atoms with Crippen LogP contribution in [0.5, 0.6) is 0 Å². The van der Waals surface area contributed by atoms with E-state index in [-0.39, 0.29) is 13.1 Å². The Labute approximate surface area is 98.4 Å². The van der Waals surface area contributed by atoms with Gasteiger partial charge in [0.25, 0.3) is 0 Å². The first-order valence-electron chi connectivity index (χ1n) is 5.35. The molecular formula is C10H13N5O2. The van der Waals surface area contributed by atoms with Crippen LogP contribution in [0.25, 0.3) is 0 Å². The maximum Gasteiger partial charge on any atom is 0.317 e. The summed E-state index contributed by atoms with van der Waals surface area (Å²) in [6.45, 7) is 0.519. The van der Waals surface area contributed by atoms with Gasteiger partial charge >= 0.3 is 5.97 Å². The molecule has 1 aliphatic rings. The second-order valence-corrected chi connectivity index (χ2v) is 4.01. The molecule has 7 nitrogen and oxygen atoms in total. The highest BCUT2D eigenvalue weighted by atomic mass is 16.4. The molecule has 0 radical (unpaired) electrons. The molecule has 7 heteroatoms. The second kappa shape index (κ2) is 4.93. The summed E-state index contributed by atoms with van der Waals surface area (Å²) in [6.07, 6.45) is 7.35. The lowest BCUT2D eigenvalue weighted by atomic mass is 10.4. The summed E-state index contributed by atoms with van der Waals surface area (Å²) in [4.78, 5) is 12.3. The van der Waals surface area contributed by atoms with E-state index in [1.807, 2.05) is 0 Å². The first-order valence-corrected chi connectivity index (χ1v) is 5.35. The van der Waals surface area contributed by atoms with Crippen molar-refractivity contribution in [2.45, 2.75) is 25.4 Å². The molecule has 1 heterocycles. The van der Waals surface area contributed by atoms with Gasteiger partial charge in [-0.2, -0.15) is 0 Å². The highest BCUT2D eigenvalue weighted by Gasteiger charge is 2.28. The van der Waals surface area contributed by atoms with Gasteiger partial charge in [-0.05, 0) is 23.3 Å². The lowest BCUT2D eigenvalue weighted by molar-refractivity contribution is -0.138. The van der Waals surface area contributed by atoms with Crippen molar-refractivity contribution in [3.63, 3.8) is 0 Å². The molecule has 0 aliphatic heterocycles. The maximum atomic E-state index is 10.7. The van der Waals surface area contributed by atoms with Gasteiger partial charge in [0.2, 0.25) is 0 Å². The van der Waals surface area contributed by atoms with Gasteiger partial charge in [-0.15, -0.1) is 11.5 Å². The third kappa shape index (κ3) is 3.01. The van der Waals surface area contributed by atoms with Gasteiger partial charge in [0, 0.05) is 0 Å². The van der Waals surface area contributed by atoms with Crippen LogP contribution in [0, 0.1) is 12.3 Å². The van der Waals surface area contributed by atoms with Crippen LogP contribution in [0.3, 0.4) is 0 Å². The Morgan fingerprint density at radius 1 is 1.65 bits per heavy atom. The topological polar surface area (TPSA) is 84.1 Å². The van der Waals surface area contributed by atoms with Crippen molar-refractivity contribution < 1.29 is 9.90 Å². The lowest BCUT2D eigenvalue weighted by Gasteiger charge is -2.16. The predicted octanol–water partition coefficient (Wildman–Crippen LogP) is -0.472. The number of tetrazole rings is 1. The van der Waals surface area contributed by atoms with Crippen molar-refractivity contribution in [3.8, 4) is 12.3 Å². The number of aromatic nitrogens is 4. The number of hydrogen-bond acceptors (Lipinski definition) is 5. The normalized spacial score (nSPS) is 14.8. The monoisotopic (exact) mass is 235 g/mol. The second-order valence-electron chi connectivity index (χ2n) is 4.01. The molecule has 0 unspecified atom stereocenters. The molecular weight excluding hydrogens is 222 g/mol. The van der Waals surface area contributed by atoms with Crippen molar-refractivity contribution in [2.24, 2.45) is 0 Å². The Hall–Kier alpha value is -1.94. The largest absolute Gasteiger partial charge is 0.480 e. The number of carboxylic acids is 1. The summed E-state index contributed by atoms with van der Waals surface area (Å²) in [6, 6.07) is 0.373. The minimum atomic E-state index is -0.911. The van der Waals surface area contributed by atoms with E-state index < -0.39 is 5.97 Å². The fourth-order valence-electron chi connectivity index (χ4n) is 1.61. The number of terminal acetylenes is 1. The standard InChI is InChI=1S/C10H13N5O2/c1-2-5-14(7-10(16)17)6-9-11-12-13-15(9)8-3-4-8/h1,8H,3-7H2,(H,16,17). The number of carbonyl (C=O) groups is 1. The number of hydrogen-bond donors (Lipinski definition) is 1. The minimum absolute atomic E-state index is 0.109. The van der Waals surface area contributed by atoms with E-state index in [4.69, 9.17) is 11.5 Å². The molecule has 0 saturated heterocycles. The summed E-state index contributed by atoms with van der Waals surface area (Å²) in [5.41, 5.74) is 0. The molecule has 1 saturated carbocycles. The molecule has 0 bridgehead atoms. The van der Waals surface area contributed by atoms with Gasteiger partial charge in [0.05, 0.1) is 25.7 Å². The molecule has 17 heavy (non-hydrogen) atoms. The number of rotatable bonds is 6. The van der Waals surface area contributed by atoms with Gasteiger partial charge in [-0.25, -0.2) is 4.68 Å². The molecule has 1 aromatic heterocycles. The van der Waals surface area contributed by atoms with E-state index in [0.29, 0.717) is 18.4 Å². The van der Waals surface area contributed by atoms with Crippen LogP contribution in [0.4, 0.5) is 0 Å². The van der Waals surface area contributed by atoms with E-state index in [2.05, 4.69) is 21.4 Å². The van der Waals surface area contributed by atoms with Crippen molar-refractivity contribution in [1.82, 2.24) is 25.1 Å². The Morgan fingerprint density at radius 2 is 2.41 bits per heavy atom. The summed E-state index contributed by atoms with van der Waals surface area (Å²) >= 11 is 0. The van der Waals surface area contributed by atoms with Crippen LogP contribution < -0.4 is 0 Å². The van der Waals surface area contributed by atoms with Crippen molar-refractivity contribution in [2.75, 3.05) is 13.1 Å². The molecule has 1 fully saturated rings. The molecule has 1 aliphatic carbocycles. The average molecular weight is 235 g/mol. The lowest BCUT2D eigenvalue weighted by Crippen LogP contribution is -2.31. The number of aliphatic carboxylic acids is 1. The van der Waals surface area contributed by atoms with Gasteiger partial charge in [0.15, 0.2) is 5.82 Å². The molecule has 2 rings (SSSR count). The Bertz CT molecular complexity index is 446. The van der Waals surface area contributed by atoms with Gasteiger partial charge in [0.1, 0.15) is 0 Å². The van der Waals surface area contributed by atoms with Crippen LogP contribution >= 0.6 is 0 Å². The van der Waals surface area contributed by atoms with Crippen LogP contribution in [-0.2, 0) is 11.3 Å². The fraction of sp³-hybridized carbons (Fsp3) is 0.600. The summed E-state index contributed by atoms with van der Waals surface area (Å²) < 4.78 is 1.76. The van der Waals surface area contributed by atoms with Crippen molar-refractivity contribution in [1.29, 1.82) is 0 Å². The quantitative estimate of drug-likeness (QED) is 0.671. The third-order valence-electron chi connectivity index (χ3n) is 2.49. The SMILES string of the molecule is C#CCN(CC(=O)O)Cc1nnnn1C1CC1. The zero-order valence-corrected chi connectivity index (χ0v) is 9.28. The summed E-state index contributed by atoms with van der Waals surface area (Å²) in [7, 11) is 0. The van der Waals surface area contributed by atoms with Crippen molar-refractivity contribution in [3.05, 3.63) is 5.82 Å². The summed E-state index contributed by atoms with van der Waals surface area (Å²) in [5, 5.41) is 20.2. The minimum Gasteiger partial charge on any atom is -0.480 e. The van der Waals surface area contributed by atoms with Crippen LogP contribution in [0.15, 0.2) is 0 Å². The number of carboxylic acid groups (broad SMARTS) is 1. The van der Waals surface area contributed by atoms with Crippen molar-refractivity contribution >= 4 is 5.97 Å². The van der Waals surface area contributed by atoms with Crippen LogP contribution in [-0.4, -0.2) is 49.3 Å². The van der Waals surface area contributed by atoms with E-state index >= 15 is 0 Å². The fourth-order valence-corrected chi connectivity index (χ4v) is 1.61. The van der Waals surface area contributed by atoms with E-state index in [9.17, 15) is 4.79 Å². The van der Waals surface area contributed by atoms with E-state index in [1.165, 1.54) is 0 Å². The highest BCUT2D eigenvalue weighted by Crippen LogP contribution is 2.34. The van der Waals surface area contributed by atoms with E-state index in [0.717, 1.165) is 12.8 Å². The van der Waals surface area contributed by atoms with Gasteiger partial charge in [-0.1, -0.05) is 5.92 Å². The first kappa shape index (κ1) is 11.5.